The summed E-state index contributed by atoms with van der Waals surface area (Å²) in [5.41, 5.74) is 19.3. The molecule has 3 aromatic heterocycles. The highest BCUT2D eigenvalue weighted by Crippen LogP contribution is 2.24. The lowest BCUT2D eigenvalue weighted by molar-refractivity contribution is -0.192. The number of carboxylic acids is 1. The number of nitrogens with one attached hydrogen (secondary N) is 12. The Kier molecular flexibility index (Phi) is 25.1. The molecule has 2 saturated heterocycles. The molecule has 0 radical (unpaired) electrons. The number of carboxylic acid groups (broad SMARTS) is 1. The number of aromatic hydroxyl groups is 1. The molecule has 102 heavy (non-hydrogen) atoms. The number of H-pyrrole nitrogens is 3. The summed E-state index contributed by atoms with van der Waals surface area (Å²) in [5, 5.41) is 52.3. The number of alkyl halides is 3. The number of aromatic nitrogens is 4. The number of phenolic OH excluding ortho intramolecular Hbond substituents is 1. The number of fused-ring (bicyclic) bond motifs is 2. The van der Waals surface area contributed by atoms with Crippen LogP contribution in [0.25, 0.3) is 21.8 Å². The number of aliphatic hydroxyl groups is 1. The maximum atomic E-state index is 15.2. The van der Waals surface area contributed by atoms with Crippen molar-refractivity contribution in [3.63, 3.8) is 0 Å². The van der Waals surface area contributed by atoms with Crippen LogP contribution < -0.4 is 65.1 Å². The third kappa shape index (κ3) is 22.7. The Hall–Kier alpha value is -11.6. The first-order chi connectivity index (χ1) is 50.4. The fraction of sp³-hybridized carbons (Fsp3) is 0.424. The monoisotopic (exact) mass is 1430 g/mol. The number of rotatable bonds is 33. The number of imidazole rings is 1. The lowest BCUT2D eigenvalue weighted by Gasteiger charge is -2.30. The van der Waals surface area contributed by atoms with Gasteiger partial charge < -0.3 is 100 Å². The van der Waals surface area contributed by atoms with E-state index in [1.807, 2.05) is 5.32 Å². The number of benzene rings is 3. The molecule has 0 aliphatic carbocycles. The average molecular weight is 1430 g/mol. The van der Waals surface area contributed by atoms with Gasteiger partial charge >= 0.3 is 12.1 Å². The minimum absolute atomic E-state index is 0.0107. The van der Waals surface area contributed by atoms with E-state index in [2.05, 4.69) is 67.5 Å². The van der Waals surface area contributed by atoms with Crippen LogP contribution in [-0.4, -0.2) is 204 Å². The van der Waals surface area contributed by atoms with E-state index in [1.165, 1.54) is 43.7 Å². The number of likely N-dealkylation sites (tertiary alicyclic amines) is 1. The zero-order valence-corrected chi connectivity index (χ0v) is 54.9. The van der Waals surface area contributed by atoms with Gasteiger partial charge in [0.25, 0.3) is 0 Å². The second-order valence-electron chi connectivity index (χ2n) is 24.1. The van der Waals surface area contributed by atoms with Crippen LogP contribution in [0.5, 0.6) is 5.75 Å². The second kappa shape index (κ2) is 36.5. The zero-order chi connectivity index (χ0) is 78.7. The summed E-state index contributed by atoms with van der Waals surface area (Å²) < 4.78 is 72.3. The maximum Gasteiger partial charge on any atom is 0.490 e. The number of aliphatic hydroxyl groups excluding tert-OH is 1. The van der Waals surface area contributed by atoms with Crippen LogP contribution >= 0.6 is 0 Å². The van der Waals surface area contributed by atoms with E-state index in [1.54, 1.807) is 60.9 Å². The number of nitrogens with two attached hydrogens (primary N) is 3. The molecule has 21 N–H and O–H groups in total. The predicted octanol–water partition coefficient (Wildman–Crippen LogP) is -1.66. The fourth-order valence-electron chi connectivity index (χ4n) is 11.3. The molecule has 548 valence electrons. The molecule has 33 nitrogen and oxygen atoms in total. The molecule has 3 aromatic carbocycles. The molecule has 11 amide bonds. The van der Waals surface area contributed by atoms with Crippen LogP contribution in [0, 0.1) is 5.92 Å². The van der Waals surface area contributed by atoms with Gasteiger partial charge in [-0.25, -0.2) is 9.78 Å². The van der Waals surface area contributed by atoms with Gasteiger partial charge in [-0.05, 0) is 85.4 Å². The van der Waals surface area contributed by atoms with E-state index in [0.29, 0.717) is 44.2 Å². The number of phenols is 1. The number of hydrogen-bond donors (Lipinski definition) is 18. The molecule has 2 aliphatic heterocycles. The highest BCUT2D eigenvalue weighted by Gasteiger charge is 2.41. The van der Waals surface area contributed by atoms with Gasteiger partial charge in [-0.3, -0.25) is 57.7 Å². The summed E-state index contributed by atoms with van der Waals surface area (Å²) >= 11 is 0. The highest BCUT2D eigenvalue weighted by atomic mass is 19.4. The molecule has 2 fully saturated rings. The number of para-hydroxylation sites is 2. The van der Waals surface area contributed by atoms with E-state index >= 15 is 9.59 Å². The minimum atomic E-state index is -5.08. The molecule has 0 saturated carbocycles. The van der Waals surface area contributed by atoms with Crippen molar-refractivity contribution in [2.75, 3.05) is 26.2 Å². The van der Waals surface area contributed by atoms with Crippen molar-refractivity contribution >= 4 is 98.7 Å². The minimum Gasteiger partial charge on any atom is -0.508 e. The number of aromatic amines is 3. The van der Waals surface area contributed by atoms with Crippen molar-refractivity contribution in [3.8, 4) is 5.75 Å². The van der Waals surface area contributed by atoms with E-state index in [0.717, 1.165) is 4.90 Å². The Morgan fingerprint density at radius 2 is 1.22 bits per heavy atom. The van der Waals surface area contributed by atoms with Crippen LogP contribution in [0.2, 0.25) is 0 Å². The Morgan fingerprint density at radius 3 is 1.73 bits per heavy atom. The van der Waals surface area contributed by atoms with Crippen molar-refractivity contribution in [2.24, 2.45) is 28.1 Å². The van der Waals surface area contributed by atoms with E-state index < -0.39 is 158 Å². The van der Waals surface area contributed by atoms with Gasteiger partial charge in [0.1, 0.15) is 60.1 Å². The Bertz CT molecular complexity index is 4220. The summed E-state index contributed by atoms with van der Waals surface area (Å²) in [6.45, 7) is -5.67. The molecule has 10 atom stereocenters. The summed E-state index contributed by atoms with van der Waals surface area (Å²) in [5.74, 6) is -15.3. The van der Waals surface area contributed by atoms with Crippen molar-refractivity contribution < 1.29 is 92.9 Å². The quantitative estimate of drug-likeness (QED) is 0.0125. The van der Waals surface area contributed by atoms with Gasteiger partial charge in [-0.2, -0.15) is 13.2 Å². The SMILES string of the molecule is O=C(O)C(F)(F)F.[2H]C([2H])(NC(=O)[C@@H]1CCCN1C(=O)[C@H](CCCN=C(N)N)NC(=O)[C@H](CC(C)C([2H])([2H])[2H])NC(=O)[C@@H](Cc1c[nH]c2ccccc12)NC(=O)[C@H](Cc1ccc(O)cc1)NC(=O)[C@H](CO)NC(=O)[C@H](Cc1c[nH]c2ccccc12)NC(=O)[C@H](Cc1cnc[nH]1)NC(=O)[C@@H]1CCC(=O)N1)C(N)=O. The molecule has 36 heteroatoms. The van der Waals surface area contributed by atoms with Gasteiger partial charge in [0.05, 0.1) is 22.2 Å². The first-order valence-corrected chi connectivity index (χ1v) is 32.1. The molecule has 0 spiro atoms. The number of hydrogen-bond acceptors (Lipinski definition) is 16. The summed E-state index contributed by atoms with van der Waals surface area (Å²) in [4.78, 5) is 182. The maximum absolute atomic E-state index is 15.2. The lowest BCUT2D eigenvalue weighted by Crippen LogP contribution is -2.61. The predicted molar refractivity (Wildman–Crippen MR) is 360 cm³/mol. The molecule has 0 bridgehead atoms. The van der Waals surface area contributed by atoms with E-state index in [9.17, 15) is 66.5 Å². The Balaban J connectivity index is 0.00000217. The first-order valence-electron chi connectivity index (χ1n) is 34.6. The molecule has 5 heterocycles. The van der Waals surface area contributed by atoms with Gasteiger partial charge in [-0.1, -0.05) is 62.3 Å². The van der Waals surface area contributed by atoms with Gasteiger partial charge in [0.15, 0.2) is 5.96 Å². The molecular weight excluding hydrogens is 1340 g/mol. The van der Waals surface area contributed by atoms with Crippen LogP contribution in [-0.2, 0) is 83.2 Å². The normalized spacial score (nSPS) is 17.5. The Labute approximate surface area is 587 Å². The molecule has 2 aliphatic rings. The smallest absolute Gasteiger partial charge is 0.490 e. The summed E-state index contributed by atoms with van der Waals surface area (Å²) in [6.07, 6.45) is -0.524. The fourth-order valence-corrected chi connectivity index (χ4v) is 11.3. The van der Waals surface area contributed by atoms with Crippen molar-refractivity contribution in [3.05, 3.63) is 120 Å². The van der Waals surface area contributed by atoms with Crippen LogP contribution in [0.15, 0.2) is 103 Å². The molecule has 6 aromatic rings. The van der Waals surface area contributed by atoms with Crippen LogP contribution in [0.1, 0.15) is 88.0 Å². The number of nitrogens with zero attached hydrogens (tertiary/aromatic N) is 3. The number of guanidine groups is 1. The Morgan fingerprint density at radius 1 is 0.696 bits per heavy atom. The molecule has 1 unspecified atom stereocenters. The van der Waals surface area contributed by atoms with Crippen LogP contribution in [0.3, 0.4) is 0 Å². The number of aliphatic imine (C=N–C) groups is 1. The third-order valence-electron chi connectivity index (χ3n) is 16.4. The number of amides is 11. The van der Waals surface area contributed by atoms with E-state index in [-0.39, 0.29) is 94.9 Å². The molecular formula is C66H83F3N18O15. The van der Waals surface area contributed by atoms with Crippen molar-refractivity contribution in [1.82, 2.24) is 72.7 Å². The third-order valence-corrected chi connectivity index (χ3v) is 16.4. The average Bonchev–Trinajstić information content (AvgIpc) is 1.75. The number of aliphatic carboxylic acids is 1. The van der Waals surface area contributed by atoms with Gasteiger partial charge in [0, 0.05) is 95.4 Å². The largest absolute Gasteiger partial charge is 0.508 e. The summed E-state index contributed by atoms with van der Waals surface area (Å²) in [7, 11) is 0. The first kappa shape index (κ1) is 70.3. The topological polar surface area (TPSA) is 528 Å². The lowest BCUT2D eigenvalue weighted by atomic mass is 9.99. The zero-order valence-electron chi connectivity index (χ0n) is 59.9. The van der Waals surface area contributed by atoms with Crippen LogP contribution in [0.4, 0.5) is 13.2 Å². The highest BCUT2D eigenvalue weighted by molar-refractivity contribution is 6.00. The number of halogens is 3. The second-order valence-corrected chi connectivity index (χ2v) is 24.1. The molecule has 8 rings (SSSR count). The van der Waals surface area contributed by atoms with Crippen molar-refractivity contribution in [1.29, 1.82) is 0 Å². The number of primary amides is 1. The van der Waals surface area contributed by atoms with E-state index in [4.69, 9.17) is 34.0 Å². The van der Waals surface area contributed by atoms with Gasteiger partial charge in [-0.15, -0.1) is 0 Å². The standard InChI is InChI=1S/C64H82N18O13.C2HF3O2/c1-34(2)23-46(56(88)75-45(13-7-21-69-64(66)67)63(95)82-22-8-14-52(82)62(94)72-31-53(65)85)76-58(90)48(25-36-28-70-42-11-5-3-9-40(36)42)78-57(89)47(24-35-15-17-39(84)18-16-35)77-61(93)51(32-83)81-59(91)49(26-37-29-71-43-12-6-4-10-41(37)43)79-60(92)50(27-38-30-68-33-73-38)80-55(87)44-19-20-54(86)74-44;3-2(4,5)1(6)7/h3-6,9-12,15-18,28-30,33-34,44-52,70-71,83-84H,7-8,13-14,19-27,31-32H2,1-2H3,(H2,65,85)(H,68,73)(H,72,94)(H,74,86)(H,75,88)(H,76,90)(H,77,93)(H,78,89)(H,79,92)(H,80,87)(H,81,91)(H4,66,67,69);(H,6,7)/t44-,45-,46-,47-,48+,49-,50-,51-,52-;/m0./s1/i1D3,31D2;/t34?,44-,45-,46-,47-,48+,49-,50-,51-,52-;. The summed E-state index contributed by atoms with van der Waals surface area (Å²) in [6, 6.07) is 5.66. The number of carbonyl (C=O) groups is 12. The van der Waals surface area contributed by atoms with Gasteiger partial charge in [0.2, 0.25) is 65.0 Å². The van der Waals surface area contributed by atoms with Crippen molar-refractivity contribution in [2.45, 2.75) is 145 Å². The number of carbonyl (C=O) groups excluding carboxylic acids is 11.